The summed E-state index contributed by atoms with van der Waals surface area (Å²) in [5.41, 5.74) is 2.58. The number of nitrogens with zero attached hydrogens (tertiary/aromatic N) is 2. The third kappa shape index (κ3) is 5.54. The van der Waals surface area contributed by atoms with Gasteiger partial charge in [-0.3, -0.25) is 13.8 Å². The van der Waals surface area contributed by atoms with Gasteiger partial charge in [-0.1, -0.05) is 42.5 Å². The summed E-state index contributed by atoms with van der Waals surface area (Å²) in [7, 11) is 0.512. The third-order valence-corrected chi connectivity index (χ3v) is 6.98. The third-order valence-electron chi connectivity index (χ3n) is 6.04. The van der Waals surface area contributed by atoms with Crippen molar-refractivity contribution in [3.05, 3.63) is 95.6 Å². The summed E-state index contributed by atoms with van der Waals surface area (Å²) in [6.45, 7) is 0.910. The first-order valence-corrected chi connectivity index (χ1v) is 12.7. The molecule has 176 valence electrons. The Morgan fingerprint density at radius 2 is 1.71 bits per heavy atom. The van der Waals surface area contributed by atoms with Crippen molar-refractivity contribution < 1.29 is 18.5 Å². The number of methoxy groups -OCH3 is 1. The predicted molar refractivity (Wildman–Crippen MR) is 132 cm³/mol. The number of benzene rings is 3. The van der Waals surface area contributed by atoms with Gasteiger partial charge in [-0.15, -0.1) is 0 Å². The molecule has 0 saturated carbocycles. The SMILES string of the molecule is COc1cccc(CN2C(=O)CN(C(=O)c3ccc(S(C)=O)cc3)C[C@@H]2Cc2ccccc2)c1. The van der Waals surface area contributed by atoms with E-state index in [1.807, 2.05) is 59.5 Å². The lowest BCUT2D eigenvalue weighted by Gasteiger charge is -2.41. The molecule has 6 nitrogen and oxygen atoms in total. The fraction of sp³-hybridized carbons (Fsp3) is 0.259. The summed E-state index contributed by atoms with van der Waals surface area (Å²) in [5, 5.41) is 0. The molecule has 1 saturated heterocycles. The summed E-state index contributed by atoms with van der Waals surface area (Å²) in [6, 6.07) is 24.3. The molecule has 2 atom stereocenters. The number of hydrogen-bond acceptors (Lipinski definition) is 4. The van der Waals surface area contributed by atoms with Gasteiger partial charge in [0.25, 0.3) is 5.91 Å². The molecule has 1 fully saturated rings. The smallest absolute Gasteiger partial charge is 0.254 e. The van der Waals surface area contributed by atoms with Gasteiger partial charge in [-0.25, -0.2) is 0 Å². The lowest BCUT2D eigenvalue weighted by Crippen LogP contribution is -2.58. The Balaban J connectivity index is 1.57. The number of hydrogen-bond donors (Lipinski definition) is 0. The predicted octanol–water partition coefficient (Wildman–Crippen LogP) is 3.53. The van der Waals surface area contributed by atoms with E-state index in [0.717, 1.165) is 16.9 Å². The van der Waals surface area contributed by atoms with Crippen LogP contribution < -0.4 is 4.74 Å². The summed E-state index contributed by atoms with van der Waals surface area (Å²) < 4.78 is 17.0. The maximum atomic E-state index is 13.3. The lowest BCUT2D eigenvalue weighted by molar-refractivity contribution is -0.139. The van der Waals surface area contributed by atoms with E-state index in [9.17, 15) is 13.8 Å². The normalized spacial score (nSPS) is 16.9. The van der Waals surface area contributed by atoms with E-state index in [2.05, 4.69) is 0 Å². The Morgan fingerprint density at radius 1 is 1.00 bits per heavy atom. The van der Waals surface area contributed by atoms with E-state index < -0.39 is 10.8 Å². The maximum Gasteiger partial charge on any atom is 0.254 e. The molecule has 1 heterocycles. The zero-order valence-electron chi connectivity index (χ0n) is 19.3. The maximum absolute atomic E-state index is 13.3. The number of rotatable bonds is 7. The van der Waals surface area contributed by atoms with Crippen molar-refractivity contribution in [3.63, 3.8) is 0 Å². The van der Waals surface area contributed by atoms with Gasteiger partial charge in [0.2, 0.25) is 5.91 Å². The molecule has 2 amide bonds. The highest BCUT2D eigenvalue weighted by molar-refractivity contribution is 7.84. The van der Waals surface area contributed by atoms with Crippen molar-refractivity contribution in [1.82, 2.24) is 9.80 Å². The molecule has 0 aromatic heterocycles. The highest BCUT2D eigenvalue weighted by Crippen LogP contribution is 2.22. The Morgan fingerprint density at radius 3 is 2.38 bits per heavy atom. The molecule has 3 aromatic rings. The van der Waals surface area contributed by atoms with Crippen LogP contribution in [-0.4, -0.2) is 58.3 Å². The van der Waals surface area contributed by atoms with Crippen LogP contribution in [-0.2, 0) is 28.6 Å². The molecule has 1 aliphatic heterocycles. The molecule has 0 spiro atoms. The van der Waals surface area contributed by atoms with E-state index in [4.69, 9.17) is 4.74 Å². The molecule has 1 aliphatic rings. The number of carbonyl (C=O) groups is 2. The van der Waals surface area contributed by atoms with Crippen molar-refractivity contribution >= 4 is 22.6 Å². The van der Waals surface area contributed by atoms with Gasteiger partial charge in [0.1, 0.15) is 12.3 Å². The minimum atomic E-state index is -1.11. The zero-order chi connectivity index (χ0) is 24.1. The Labute approximate surface area is 202 Å². The molecule has 0 bridgehead atoms. The topological polar surface area (TPSA) is 66.9 Å². The Kier molecular flexibility index (Phi) is 7.43. The second-order valence-electron chi connectivity index (χ2n) is 8.38. The quantitative estimate of drug-likeness (QED) is 0.523. The molecule has 0 radical (unpaired) electrons. The van der Waals surface area contributed by atoms with Crippen molar-refractivity contribution in [3.8, 4) is 5.75 Å². The average molecular weight is 477 g/mol. The highest BCUT2D eigenvalue weighted by atomic mass is 32.2. The van der Waals surface area contributed by atoms with Crippen LogP contribution >= 0.6 is 0 Å². The fourth-order valence-corrected chi connectivity index (χ4v) is 4.77. The lowest BCUT2D eigenvalue weighted by atomic mass is 10.00. The first-order chi connectivity index (χ1) is 16.4. The molecule has 0 aliphatic carbocycles. The van der Waals surface area contributed by atoms with Gasteiger partial charge in [-0.05, 0) is 53.9 Å². The van der Waals surface area contributed by atoms with Crippen molar-refractivity contribution in [2.24, 2.45) is 0 Å². The van der Waals surface area contributed by atoms with Crippen molar-refractivity contribution in [1.29, 1.82) is 0 Å². The summed E-state index contributed by atoms with van der Waals surface area (Å²) >= 11 is 0. The Bertz CT molecular complexity index is 1180. The van der Waals surface area contributed by atoms with Crippen LogP contribution in [0.1, 0.15) is 21.5 Å². The molecular weight excluding hydrogens is 448 g/mol. The summed E-state index contributed by atoms with van der Waals surface area (Å²) in [5.74, 6) is 0.463. The zero-order valence-corrected chi connectivity index (χ0v) is 20.2. The minimum Gasteiger partial charge on any atom is -0.497 e. The monoisotopic (exact) mass is 476 g/mol. The van der Waals surface area contributed by atoms with Gasteiger partial charge >= 0.3 is 0 Å². The highest BCUT2D eigenvalue weighted by Gasteiger charge is 2.35. The van der Waals surface area contributed by atoms with Gasteiger partial charge in [-0.2, -0.15) is 0 Å². The van der Waals surface area contributed by atoms with Crippen molar-refractivity contribution in [2.45, 2.75) is 23.9 Å². The van der Waals surface area contributed by atoms with Crippen LogP contribution in [0.25, 0.3) is 0 Å². The molecular formula is C27H28N2O4S. The minimum absolute atomic E-state index is 0.0234. The van der Waals surface area contributed by atoms with E-state index in [1.165, 1.54) is 0 Å². The van der Waals surface area contributed by atoms with Gasteiger partial charge in [0.05, 0.1) is 13.2 Å². The number of piperazine rings is 1. The standard InChI is InChI=1S/C27H28N2O4S/c1-33-24-10-6-9-21(16-24)17-29-23(15-20-7-4-3-5-8-20)18-28(19-26(29)30)27(31)22-11-13-25(14-12-22)34(2)32/h3-14,16,23H,15,17-19H2,1-2H3/t23-,34?/m0/s1. The van der Waals surface area contributed by atoms with Crippen LogP contribution in [0, 0.1) is 0 Å². The first-order valence-electron chi connectivity index (χ1n) is 11.1. The number of amides is 2. The molecule has 4 rings (SSSR count). The molecule has 1 unspecified atom stereocenters. The van der Waals surface area contributed by atoms with Crippen LogP contribution in [0.15, 0.2) is 83.8 Å². The number of carbonyl (C=O) groups excluding carboxylic acids is 2. The fourth-order valence-electron chi connectivity index (χ4n) is 4.25. The van der Waals surface area contributed by atoms with Gasteiger partial charge in [0.15, 0.2) is 0 Å². The van der Waals surface area contributed by atoms with Crippen LogP contribution in [0.4, 0.5) is 0 Å². The molecule has 0 N–H and O–H groups in total. The average Bonchev–Trinajstić information content (AvgIpc) is 2.86. The number of ether oxygens (including phenoxy) is 1. The van der Waals surface area contributed by atoms with E-state index in [-0.39, 0.29) is 24.4 Å². The molecule has 3 aromatic carbocycles. The van der Waals surface area contributed by atoms with Gasteiger partial charge < -0.3 is 14.5 Å². The van der Waals surface area contributed by atoms with E-state index in [1.54, 1.807) is 42.5 Å². The Hall–Kier alpha value is -3.45. The van der Waals surface area contributed by atoms with E-state index in [0.29, 0.717) is 30.0 Å². The van der Waals surface area contributed by atoms with Crippen LogP contribution in [0.2, 0.25) is 0 Å². The van der Waals surface area contributed by atoms with Crippen molar-refractivity contribution in [2.75, 3.05) is 26.5 Å². The largest absolute Gasteiger partial charge is 0.497 e. The first kappa shape index (κ1) is 23.7. The summed E-state index contributed by atoms with van der Waals surface area (Å²) in [4.78, 5) is 30.7. The van der Waals surface area contributed by atoms with Crippen LogP contribution in [0.3, 0.4) is 0 Å². The second kappa shape index (κ2) is 10.7. The van der Waals surface area contributed by atoms with E-state index >= 15 is 0 Å². The van der Waals surface area contributed by atoms with Gasteiger partial charge in [0, 0.05) is 40.6 Å². The van der Waals surface area contributed by atoms with Crippen LogP contribution in [0.5, 0.6) is 5.75 Å². The second-order valence-corrected chi connectivity index (χ2v) is 9.76. The molecule has 7 heteroatoms. The summed E-state index contributed by atoms with van der Waals surface area (Å²) in [6.07, 6.45) is 2.25. The molecule has 34 heavy (non-hydrogen) atoms.